The molecule has 7 heteroatoms. The Balaban J connectivity index is 1.99. The number of nitrogens with zero attached hydrogens (tertiary/aromatic N) is 3. The van der Waals surface area contributed by atoms with Crippen molar-refractivity contribution in [3.05, 3.63) is 71.8 Å². The highest BCUT2D eigenvalue weighted by atomic mass is 35.5. The van der Waals surface area contributed by atoms with Crippen LogP contribution in [-0.2, 0) is 4.79 Å². The van der Waals surface area contributed by atoms with Crippen LogP contribution in [0.1, 0.15) is 6.92 Å². The van der Waals surface area contributed by atoms with Crippen LogP contribution in [0.3, 0.4) is 0 Å². The topological polar surface area (TPSA) is 49.6 Å². The van der Waals surface area contributed by atoms with Crippen molar-refractivity contribution in [1.82, 2.24) is 9.38 Å². The number of anilines is 2. The average Bonchev–Trinajstić information content (AvgIpc) is 3.14. The minimum Gasteiger partial charge on any atom is -0.377 e. The molecule has 0 aliphatic carbocycles. The molecule has 0 unspecified atom stereocenters. The fourth-order valence-corrected chi connectivity index (χ4v) is 3.67. The average molecular weight is 423 g/mol. The highest BCUT2D eigenvalue weighted by Crippen LogP contribution is 2.35. The molecule has 30 heavy (non-hydrogen) atoms. The first-order valence-corrected chi connectivity index (χ1v) is 9.74. The fraction of sp³-hybridized carbons (Fsp3) is 0.130. The maximum absolute atomic E-state index is 13.7. The van der Waals surface area contributed by atoms with E-state index in [1.165, 1.54) is 13.0 Å². The molecule has 0 atom stereocenters. The fourth-order valence-electron chi connectivity index (χ4n) is 3.49. The molecule has 1 N–H and O–H groups in total. The van der Waals surface area contributed by atoms with E-state index in [0.29, 0.717) is 11.3 Å². The van der Waals surface area contributed by atoms with E-state index in [2.05, 4.69) is 10.3 Å². The number of imidazole rings is 1. The van der Waals surface area contributed by atoms with Gasteiger partial charge in [-0.1, -0.05) is 29.8 Å². The van der Waals surface area contributed by atoms with Crippen LogP contribution < -0.4 is 10.2 Å². The van der Waals surface area contributed by atoms with Crippen LogP contribution in [0.2, 0.25) is 5.02 Å². The van der Waals surface area contributed by atoms with Crippen LogP contribution in [0, 0.1) is 5.82 Å². The van der Waals surface area contributed by atoms with Crippen molar-refractivity contribution in [2.75, 3.05) is 24.3 Å². The minimum absolute atomic E-state index is 0.0404. The number of rotatable bonds is 4. The van der Waals surface area contributed by atoms with Gasteiger partial charge < -0.3 is 10.2 Å². The first-order valence-electron chi connectivity index (χ1n) is 9.36. The molecular weight excluding hydrogens is 403 g/mol. The monoisotopic (exact) mass is 422 g/mol. The van der Waals surface area contributed by atoms with Gasteiger partial charge in [0.2, 0.25) is 5.91 Å². The van der Waals surface area contributed by atoms with Crippen LogP contribution in [-0.4, -0.2) is 29.4 Å². The van der Waals surface area contributed by atoms with Crippen molar-refractivity contribution in [3.63, 3.8) is 0 Å². The Hall–Kier alpha value is -3.38. The second-order valence-corrected chi connectivity index (χ2v) is 7.61. The zero-order valence-corrected chi connectivity index (χ0v) is 17.5. The molecule has 0 spiro atoms. The summed E-state index contributed by atoms with van der Waals surface area (Å²) in [7, 11) is 3.96. The molecule has 4 rings (SSSR count). The molecule has 0 saturated heterocycles. The van der Waals surface area contributed by atoms with E-state index < -0.39 is 5.82 Å². The second kappa shape index (κ2) is 7.80. The molecule has 0 radical (unpaired) electrons. The quantitative estimate of drug-likeness (QED) is 0.473. The number of carbonyl (C=O) groups is 1. The van der Waals surface area contributed by atoms with E-state index in [1.54, 1.807) is 18.3 Å². The Morgan fingerprint density at radius 2 is 1.90 bits per heavy atom. The van der Waals surface area contributed by atoms with E-state index in [0.717, 1.165) is 28.1 Å². The molecule has 0 saturated carbocycles. The summed E-state index contributed by atoms with van der Waals surface area (Å²) in [4.78, 5) is 18.4. The Kier molecular flexibility index (Phi) is 5.18. The van der Waals surface area contributed by atoms with Crippen LogP contribution in [0.25, 0.3) is 28.0 Å². The van der Waals surface area contributed by atoms with Crippen LogP contribution in [0.4, 0.5) is 15.8 Å². The number of hydrogen-bond donors (Lipinski definition) is 1. The Labute approximate surface area is 178 Å². The number of hydrogen-bond acceptors (Lipinski definition) is 3. The molecule has 1 amide bonds. The standard InChI is InChI=1S/C23H20ClFN4O/c1-14(30)27-20-11-16(17-6-4-5-7-21(17)28(2)3)13-29-22(12-26-23(20)29)15-8-9-19(25)18(24)10-15/h4-13H,1-3H3,(H,27,30). The van der Waals surface area contributed by atoms with Gasteiger partial charge >= 0.3 is 0 Å². The molecule has 0 aliphatic heterocycles. The van der Waals surface area contributed by atoms with Gasteiger partial charge in [-0.05, 0) is 30.3 Å². The Bertz CT molecular complexity index is 1270. The minimum atomic E-state index is -0.478. The van der Waals surface area contributed by atoms with Crippen molar-refractivity contribution < 1.29 is 9.18 Å². The normalized spacial score (nSPS) is 11.0. The maximum Gasteiger partial charge on any atom is 0.221 e. The summed E-state index contributed by atoms with van der Waals surface area (Å²) in [5, 5.41) is 2.91. The highest BCUT2D eigenvalue weighted by Gasteiger charge is 2.16. The van der Waals surface area contributed by atoms with Gasteiger partial charge in [-0.25, -0.2) is 9.37 Å². The number of para-hydroxylation sites is 1. The van der Waals surface area contributed by atoms with Gasteiger partial charge in [0.25, 0.3) is 0 Å². The summed E-state index contributed by atoms with van der Waals surface area (Å²) in [6.07, 6.45) is 3.65. The lowest BCUT2D eigenvalue weighted by atomic mass is 10.0. The first-order chi connectivity index (χ1) is 14.3. The van der Waals surface area contributed by atoms with Gasteiger partial charge in [-0.2, -0.15) is 0 Å². The van der Waals surface area contributed by atoms with Crippen molar-refractivity contribution in [2.45, 2.75) is 6.92 Å². The lowest BCUT2D eigenvalue weighted by Gasteiger charge is -2.18. The van der Waals surface area contributed by atoms with E-state index in [9.17, 15) is 9.18 Å². The van der Waals surface area contributed by atoms with Crippen molar-refractivity contribution in [2.24, 2.45) is 0 Å². The molecule has 2 aromatic carbocycles. The molecule has 5 nitrogen and oxygen atoms in total. The first kappa shape index (κ1) is 19.9. The molecule has 2 heterocycles. The number of carbonyl (C=O) groups excluding carboxylic acids is 1. The van der Waals surface area contributed by atoms with E-state index >= 15 is 0 Å². The van der Waals surface area contributed by atoms with E-state index in [-0.39, 0.29) is 10.9 Å². The third-order valence-electron chi connectivity index (χ3n) is 4.83. The van der Waals surface area contributed by atoms with Crippen molar-refractivity contribution in [3.8, 4) is 22.4 Å². The van der Waals surface area contributed by atoms with E-state index in [4.69, 9.17) is 11.6 Å². The van der Waals surface area contributed by atoms with Crippen LogP contribution in [0.15, 0.2) is 60.9 Å². The van der Waals surface area contributed by atoms with Gasteiger partial charge in [0.15, 0.2) is 5.65 Å². The molecule has 0 fully saturated rings. The third-order valence-corrected chi connectivity index (χ3v) is 5.12. The predicted molar refractivity (Wildman–Crippen MR) is 120 cm³/mol. The van der Waals surface area contributed by atoms with Crippen LogP contribution in [0.5, 0.6) is 0 Å². The largest absolute Gasteiger partial charge is 0.377 e. The van der Waals surface area contributed by atoms with Crippen molar-refractivity contribution >= 4 is 34.5 Å². The molecule has 0 bridgehead atoms. The molecule has 152 valence electrons. The predicted octanol–water partition coefficient (Wildman–Crippen LogP) is 5.49. The highest BCUT2D eigenvalue weighted by molar-refractivity contribution is 6.31. The zero-order valence-electron chi connectivity index (χ0n) is 16.8. The number of nitrogens with one attached hydrogen (secondary N) is 1. The molecule has 0 aliphatic rings. The number of amides is 1. The van der Waals surface area contributed by atoms with Crippen LogP contribution >= 0.6 is 11.6 Å². The third kappa shape index (κ3) is 3.62. The summed E-state index contributed by atoms with van der Waals surface area (Å²) in [5.74, 6) is -0.668. The summed E-state index contributed by atoms with van der Waals surface area (Å²) in [5.41, 5.74) is 5.59. The summed E-state index contributed by atoms with van der Waals surface area (Å²) in [6, 6.07) is 14.5. The summed E-state index contributed by atoms with van der Waals surface area (Å²) in [6.45, 7) is 1.46. The van der Waals surface area contributed by atoms with Gasteiger partial charge in [-0.15, -0.1) is 0 Å². The number of halogens is 2. The number of aromatic nitrogens is 2. The Morgan fingerprint density at radius 1 is 1.13 bits per heavy atom. The SMILES string of the molecule is CC(=O)Nc1cc(-c2ccccc2N(C)C)cn2c(-c3ccc(F)c(Cl)c3)cnc12. The summed E-state index contributed by atoms with van der Waals surface area (Å²) >= 11 is 6.00. The second-order valence-electron chi connectivity index (χ2n) is 7.20. The number of pyridine rings is 1. The van der Waals surface area contributed by atoms with E-state index in [1.807, 2.05) is 59.9 Å². The number of benzene rings is 2. The molecular formula is C23H20ClFN4O. The van der Waals surface area contributed by atoms with Gasteiger partial charge in [0.1, 0.15) is 5.82 Å². The summed E-state index contributed by atoms with van der Waals surface area (Å²) < 4.78 is 15.5. The molecule has 4 aromatic rings. The van der Waals surface area contributed by atoms with Crippen molar-refractivity contribution in [1.29, 1.82) is 0 Å². The van der Waals surface area contributed by atoms with Gasteiger partial charge in [-0.3, -0.25) is 9.20 Å². The Morgan fingerprint density at radius 3 is 2.60 bits per heavy atom. The maximum atomic E-state index is 13.7. The van der Waals surface area contributed by atoms with Gasteiger partial charge in [0, 0.05) is 49.6 Å². The van der Waals surface area contributed by atoms with Gasteiger partial charge in [0.05, 0.1) is 22.6 Å². The molecule has 2 aromatic heterocycles. The lowest BCUT2D eigenvalue weighted by Crippen LogP contribution is -2.11. The smallest absolute Gasteiger partial charge is 0.221 e. The lowest BCUT2D eigenvalue weighted by molar-refractivity contribution is -0.114. The number of fused-ring (bicyclic) bond motifs is 1. The zero-order chi connectivity index (χ0) is 21.4.